The van der Waals surface area contributed by atoms with Crippen molar-refractivity contribution >= 4 is 5.91 Å². The van der Waals surface area contributed by atoms with E-state index in [4.69, 9.17) is 4.74 Å². The average molecular weight is 245 g/mol. The van der Waals surface area contributed by atoms with Crippen molar-refractivity contribution in [2.75, 3.05) is 13.2 Å². The zero-order valence-corrected chi connectivity index (χ0v) is 10.5. The van der Waals surface area contributed by atoms with Crippen molar-refractivity contribution in [1.29, 1.82) is 0 Å². The molecule has 2 aliphatic rings. The Hall–Kier alpha value is -1.35. The number of morpholine rings is 1. The highest BCUT2D eigenvalue weighted by Crippen LogP contribution is 2.29. The Labute approximate surface area is 108 Å². The lowest BCUT2D eigenvalue weighted by molar-refractivity contribution is -0.0752. The molecule has 1 aliphatic carbocycles. The van der Waals surface area contributed by atoms with Crippen molar-refractivity contribution in [3.63, 3.8) is 0 Å². The number of benzene rings is 1. The average Bonchev–Trinajstić information content (AvgIpc) is 2.47. The number of rotatable bonds is 1. The third-order valence-electron chi connectivity index (χ3n) is 4.01. The van der Waals surface area contributed by atoms with Gasteiger partial charge in [0.05, 0.1) is 18.8 Å². The van der Waals surface area contributed by atoms with E-state index < -0.39 is 0 Å². The molecule has 1 heterocycles. The highest BCUT2D eigenvalue weighted by atomic mass is 16.5. The monoisotopic (exact) mass is 245 g/mol. The van der Waals surface area contributed by atoms with E-state index in [1.807, 2.05) is 35.2 Å². The van der Waals surface area contributed by atoms with E-state index in [0.29, 0.717) is 12.6 Å². The van der Waals surface area contributed by atoms with Gasteiger partial charge in [-0.25, -0.2) is 0 Å². The van der Waals surface area contributed by atoms with Crippen LogP contribution in [0.4, 0.5) is 0 Å². The number of hydrogen-bond acceptors (Lipinski definition) is 2. The third-order valence-corrected chi connectivity index (χ3v) is 4.01. The first-order valence-electron chi connectivity index (χ1n) is 6.84. The molecule has 1 saturated heterocycles. The molecule has 1 aromatic carbocycles. The molecule has 0 N–H and O–H groups in total. The van der Waals surface area contributed by atoms with E-state index in [0.717, 1.165) is 24.9 Å². The highest BCUT2D eigenvalue weighted by Gasteiger charge is 2.36. The predicted octanol–water partition coefficient (Wildman–Crippen LogP) is 2.47. The largest absolute Gasteiger partial charge is 0.374 e. The molecule has 18 heavy (non-hydrogen) atoms. The molecule has 2 fully saturated rings. The maximum absolute atomic E-state index is 12.5. The summed E-state index contributed by atoms with van der Waals surface area (Å²) in [4.78, 5) is 14.6. The number of carbonyl (C=O) groups excluding carboxylic acids is 1. The Morgan fingerprint density at radius 1 is 1.17 bits per heavy atom. The van der Waals surface area contributed by atoms with Crippen molar-refractivity contribution in [2.24, 2.45) is 0 Å². The van der Waals surface area contributed by atoms with Gasteiger partial charge in [0.25, 0.3) is 5.91 Å². The molecule has 1 saturated carbocycles. The number of hydrogen-bond donors (Lipinski definition) is 0. The topological polar surface area (TPSA) is 29.5 Å². The maximum atomic E-state index is 12.5. The summed E-state index contributed by atoms with van der Waals surface area (Å²) in [7, 11) is 0. The molecule has 96 valence electrons. The molecular weight excluding hydrogens is 226 g/mol. The van der Waals surface area contributed by atoms with Gasteiger partial charge < -0.3 is 9.64 Å². The van der Waals surface area contributed by atoms with Crippen LogP contribution in [0.3, 0.4) is 0 Å². The molecule has 1 aliphatic heterocycles. The van der Waals surface area contributed by atoms with Crippen LogP contribution < -0.4 is 0 Å². The van der Waals surface area contributed by atoms with Crippen LogP contribution in [-0.4, -0.2) is 36.1 Å². The van der Waals surface area contributed by atoms with Crippen molar-refractivity contribution < 1.29 is 9.53 Å². The Morgan fingerprint density at radius 3 is 2.78 bits per heavy atom. The van der Waals surface area contributed by atoms with Gasteiger partial charge in [-0.15, -0.1) is 0 Å². The summed E-state index contributed by atoms with van der Waals surface area (Å²) in [5, 5.41) is 0. The molecule has 2 atom stereocenters. The van der Waals surface area contributed by atoms with Gasteiger partial charge in [0.15, 0.2) is 0 Å². The van der Waals surface area contributed by atoms with Gasteiger partial charge in [-0.05, 0) is 25.0 Å². The van der Waals surface area contributed by atoms with E-state index in [-0.39, 0.29) is 12.0 Å². The molecule has 3 rings (SSSR count). The number of amides is 1. The summed E-state index contributed by atoms with van der Waals surface area (Å²) >= 11 is 0. The number of carbonyl (C=O) groups is 1. The first kappa shape index (κ1) is 11.7. The Kier molecular flexibility index (Phi) is 3.33. The summed E-state index contributed by atoms with van der Waals surface area (Å²) in [6.07, 6.45) is 4.89. The van der Waals surface area contributed by atoms with Crippen LogP contribution in [0.25, 0.3) is 0 Å². The Bertz CT molecular complexity index is 416. The second kappa shape index (κ2) is 5.11. The lowest BCUT2D eigenvalue weighted by Gasteiger charge is -2.43. The first-order valence-corrected chi connectivity index (χ1v) is 6.84. The predicted molar refractivity (Wildman–Crippen MR) is 69.5 cm³/mol. The molecule has 1 amide bonds. The maximum Gasteiger partial charge on any atom is 0.254 e. The lowest BCUT2D eigenvalue weighted by Crippen LogP contribution is -2.54. The standard InChI is InChI=1S/C15H19NO2/c17-15(12-6-2-1-3-7-12)16-10-11-18-14-9-5-4-8-13(14)16/h1-3,6-7,13-14H,4-5,8-11H2/t13-,14-/m0/s1. The van der Waals surface area contributed by atoms with Crippen LogP contribution in [0.5, 0.6) is 0 Å². The molecule has 0 spiro atoms. The van der Waals surface area contributed by atoms with Gasteiger partial charge in [0.2, 0.25) is 0 Å². The van der Waals surface area contributed by atoms with E-state index in [1.54, 1.807) is 0 Å². The van der Waals surface area contributed by atoms with Gasteiger partial charge in [-0.3, -0.25) is 4.79 Å². The van der Waals surface area contributed by atoms with E-state index >= 15 is 0 Å². The van der Waals surface area contributed by atoms with Gasteiger partial charge in [0.1, 0.15) is 0 Å². The van der Waals surface area contributed by atoms with Crippen molar-refractivity contribution in [3.8, 4) is 0 Å². The van der Waals surface area contributed by atoms with Crippen molar-refractivity contribution in [1.82, 2.24) is 4.90 Å². The van der Waals surface area contributed by atoms with Gasteiger partial charge in [-0.2, -0.15) is 0 Å². The molecule has 1 aromatic rings. The van der Waals surface area contributed by atoms with Crippen LogP contribution >= 0.6 is 0 Å². The zero-order chi connectivity index (χ0) is 12.4. The van der Waals surface area contributed by atoms with Crippen molar-refractivity contribution in [3.05, 3.63) is 35.9 Å². The van der Waals surface area contributed by atoms with Crippen LogP contribution in [0.2, 0.25) is 0 Å². The molecule has 3 nitrogen and oxygen atoms in total. The Balaban J connectivity index is 1.80. The fraction of sp³-hybridized carbons (Fsp3) is 0.533. The lowest BCUT2D eigenvalue weighted by atomic mass is 9.89. The SMILES string of the molecule is O=C(c1ccccc1)N1CCO[C@H]2CCCC[C@@H]21. The normalized spacial score (nSPS) is 27.7. The van der Waals surface area contributed by atoms with Gasteiger partial charge in [0, 0.05) is 12.1 Å². The number of ether oxygens (including phenoxy) is 1. The third kappa shape index (κ3) is 2.15. The zero-order valence-electron chi connectivity index (χ0n) is 10.5. The van der Waals surface area contributed by atoms with E-state index in [1.165, 1.54) is 12.8 Å². The fourth-order valence-corrected chi connectivity index (χ4v) is 3.10. The summed E-state index contributed by atoms with van der Waals surface area (Å²) in [6, 6.07) is 9.88. The summed E-state index contributed by atoms with van der Waals surface area (Å²) < 4.78 is 5.80. The second-order valence-corrected chi connectivity index (χ2v) is 5.13. The summed E-state index contributed by atoms with van der Waals surface area (Å²) in [6.45, 7) is 1.41. The number of nitrogens with zero attached hydrogens (tertiary/aromatic N) is 1. The van der Waals surface area contributed by atoms with E-state index in [2.05, 4.69) is 0 Å². The molecule has 0 radical (unpaired) electrons. The van der Waals surface area contributed by atoms with Crippen LogP contribution in [-0.2, 0) is 4.74 Å². The Morgan fingerprint density at radius 2 is 1.94 bits per heavy atom. The minimum Gasteiger partial charge on any atom is -0.374 e. The molecule has 0 bridgehead atoms. The van der Waals surface area contributed by atoms with Gasteiger partial charge in [-0.1, -0.05) is 31.0 Å². The first-order chi connectivity index (χ1) is 8.86. The summed E-state index contributed by atoms with van der Waals surface area (Å²) in [5.41, 5.74) is 0.795. The highest BCUT2D eigenvalue weighted by molar-refractivity contribution is 5.94. The van der Waals surface area contributed by atoms with Crippen LogP contribution in [0.1, 0.15) is 36.0 Å². The molecular formula is C15H19NO2. The minimum atomic E-state index is 0.163. The van der Waals surface area contributed by atoms with Crippen LogP contribution in [0.15, 0.2) is 30.3 Å². The fourth-order valence-electron chi connectivity index (χ4n) is 3.10. The quantitative estimate of drug-likeness (QED) is 0.760. The summed E-state index contributed by atoms with van der Waals surface area (Å²) in [5.74, 6) is 0.163. The smallest absolute Gasteiger partial charge is 0.254 e. The molecule has 0 aromatic heterocycles. The second-order valence-electron chi connectivity index (χ2n) is 5.13. The van der Waals surface area contributed by atoms with E-state index in [9.17, 15) is 4.79 Å². The number of fused-ring (bicyclic) bond motifs is 1. The van der Waals surface area contributed by atoms with Gasteiger partial charge >= 0.3 is 0 Å². The minimum absolute atomic E-state index is 0.163. The molecule has 3 heteroatoms. The van der Waals surface area contributed by atoms with Crippen molar-refractivity contribution in [2.45, 2.75) is 37.8 Å². The molecule has 0 unspecified atom stereocenters. The van der Waals surface area contributed by atoms with Crippen LogP contribution in [0, 0.1) is 0 Å².